The van der Waals surface area contributed by atoms with Crippen LogP contribution in [0, 0.1) is 13.8 Å². The normalized spacial score (nSPS) is 12.1. The maximum Gasteiger partial charge on any atom is 0.168 e. The van der Waals surface area contributed by atoms with Crippen molar-refractivity contribution >= 4 is 50.7 Å². The summed E-state index contributed by atoms with van der Waals surface area (Å²) in [7, 11) is 0. The molecule has 0 aliphatic carbocycles. The highest BCUT2D eigenvalue weighted by Gasteiger charge is 2.14. The molecule has 0 bridgehead atoms. The molecule has 4 nitrogen and oxygen atoms in total. The summed E-state index contributed by atoms with van der Waals surface area (Å²) in [6, 6.07) is 4.12. The van der Waals surface area contributed by atoms with Gasteiger partial charge in [0.2, 0.25) is 0 Å². The summed E-state index contributed by atoms with van der Waals surface area (Å²) in [5, 5.41) is 7.50. The van der Waals surface area contributed by atoms with Gasteiger partial charge in [-0.15, -0.1) is 22.7 Å². The van der Waals surface area contributed by atoms with Gasteiger partial charge in [0.1, 0.15) is 11.2 Å². The van der Waals surface area contributed by atoms with Gasteiger partial charge in [0.05, 0.1) is 5.39 Å². The fourth-order valence-corrected chi connectivity index (χ4v) is 3.98. The van der Waals surface area contributed by atoms with Crippen LogP contribution in [0.4, 0.5) is 0 Å². The third kappa shape index (κ3) is 1.99. The molecule has 4 heterocycles. The van der Waals surface area contributed by atoms with E-state index in [9.17, 15) is 0 Å². The molecule has 0 aliphatic rings. The van der Waals surface area contributed by atoms with Crippen molar-refractivity contribution in [3.8, 4) is 0 Å². The van der Waals surface area contributed by atoms with Crippen LogP contribution in [0.25, 0.3) is 28.0 Å². The van der Waals surface area contributed by atoms with Crippen LogP contribution in [0.1, 0.15) is 21.1 Å². The lowest BCUT2D eigenvalue weighted by Crippen LogP contribution is -1.97. The zero-order valence-electron chi connectivity index (χ0n) is 11.6. The Hall–Kier alpha value is -2.05. The molecule has 6 heteroatoms. The van der Waals surface area contributed by atoms with E-state index in [1.54, 1.807) is 29.0 Å². The van der Waals surface area contributed by atoms with E-state index in [1.165, 1.54) is 15.3 Å². The van der Waals surface area contributed by atoms with Gasteiger partial charge < -0.3 is 0 Å². The molecule has 4 aromatic rings. The number of hydrogen-bond acceptors (Lipinski definition) is 5. The molecule has 4 aromatic heterocycles. The molecule has 0 radical (unpaired) electrons. The van der Waals surface area contributed by atoms with E-state index in [4.69, 9.17) is 4.98 Å². The van der Waals surface area contributed by atoms with Gasteiger partial charge in [-0.1, -0.05) is 6.07 Å². The first kappa shape index (κ1) is 12.7. The zero-order chi connectivity index (χ0) is 14.4. The van der Waals surface area contributed by atoms with Gasteiger partial charge >= 0.3 is 0 Å². The molecule has 0 N–H and O–H groups in total. The van der Waals surface area contributed by atoms with Crippen molar-refractivity contribution in [1.82, 2.24) is 19.6 Å². The summed E-state index contributed by atoms with van der Waals surface area (Å²) in [6.07, 6.45) is 5.65. The molecule has 0 unspecified atom stereocenters. The van der Waals surface area contributed by atoms with E-state index in [2.05, 4.69) is 41.5 Å². The van der Waals surface area contributed by atoms with Gasteiger partial charge in [-0.2, -0.15) is 9.61 Å². The topological polar surface area (TPSA) is 43.1 Å². The Kier molecular flexibility index (Phi) is 2.87. The van der Waals surface area contributed by atoms with Crippen LogP contribution in [0.2, 0.25) is 0 Å². The first-order chi connectivity index (χ1) is 10.2. The molecule has 4 rings (SSSR count). The van der Waals surface area contributed by atoms with Crippen molar-refractivity contribution in [2.24, 2.45) is 0 Å². The molecule has 104 valence electrons. The summed E-state index contributed by atoms with van der Waals surface area (Å²) in [6.45, 7) is 4.24. The monoisotopic (exact) mass is 312 g/mol. The minimum Gasteiger partial charge on any atom is -0.218 e. The number of rotatable bonds is 2. The van der Waals surface area contributed by atoms with E-state index in [0.717, 1.165) is 21.7 Å². The maximum absolute atomic E-state index is 4.75. The quantitative estimate of drug-likeness (QED) is 0.557. The van der Waals surface area contributed by atoms with Crippen LogP contribution in [-0.2, 0) is 0 Å². The highest BCUT2D eigenvalue weighted by Crippen LogP contribution is 2.31. The summed E-state index contributed by atoms with van der Waals surface area (Å²) in [4.78, 5) is 12.7. The lowest BCUT2D eigenvalue weighted by atomic mass is 10.2. The lowest BCUT2D eigenvalue weighted by Gasteiger charge is -2.00. The highest BCUT2D eigenvalue weighted by molar-refractivity contribution is 7.18. The fraction of sp³-hybridized carbons (Fsp3) is 0.133. The summed E-state index contributed by atoms with van der Waals surface area (Å²) >= 11 is 3.41. The number of fused-ring (bicyclic) bond motifs is 3. The number of nitrogens with zero attached hydrogens (tertiary/aromatic N) is 4. The standard InChI is InChI=1S/C15H12N4S2/c1-9-10(2)21-15-13(9)14-16-8-17-19(14)12(18-15)6-5-11-4-3-7-20-11/h3-8H,1-2H3/b6-5+. The smallest absolute Gasteiger partial charge is 0.168 e. The lowest BCUT2D eigenvalue weighted by molar-refractivity contribution is 0.919. The first-order valence-electron chi connectivity index (χ1n) is 6.55. The van der Waals surface area contributed by atoms with Crippen LogP contribution in [0.5, 0.6) is 0 Å². The largest absolute Gasteiger partial charge is 0.218 e. The summed E-state index contributed by atoms with van der Waals surface area (Å²) in [5.41, 5.74) is 2.13. The molecule has 21 heavy (non-hydrogen) atoms. The van der Waals surface area contributed by atoms with E-state index < -0.39 is 0 Å². The molecule has 0 saturated heterocycles. The van der Waals surface area contributed by atoms with E-state index in [-0.39, 0.29) is 0 Å². The molecule has 0 spiro atoms. The Labute approximate surface area is 129 Å². The Morgan fingerprint density at radius 3 is 2.95 bits per heavy atom. The summed E-state index contributed by atoms with van der Waals surface area (Å²) in [5.74, 6) is 0.810. The van der Waals surface area contributed by atoms with Gasteiger partial charge in [-0.3, -0.25) is 0 Å². The summed E-state index contributed by atoms with van der Waals surface area (Å²) < 4.78 is 1.81. The average molecular weight is 312 g/mol. The van der Waals surface area contributed by atoms with Crippen molar-refractivity contribution in [2.75, 3.05) is 0 Å². The Morgan fingerprint density at radius 1 is 1.24 bits per heavy atom. The zero-order valence-corrected chi connectivity index (χ0v) is 13.2. The van der Waals surface area contributed by atoms with Crippen LogP contribution in [0.3, 0.4) is 0 Å². The van der Waals surface area contributed by atoms with E-state index in [0.29, 0.717) is 0 Å². The van der Waals surface area contributed by atoms with Crippen LogP contribution < -0.4 is 0 Å². The molecule has 0 aromatic carbocycles. The Balaban J connectivity index is 1.97. The van der Waals surface area contributed by atoms with Gasteiger partial charge in [0.25, 0.3) is 0 Å². The van der Waals surface area contributed by atoms with E-state index in [1.807, 2.05) is 16.7 Å². The highest BCUT2D eigenvalue weighted by atomic mass is 32.1. The van der Waals surface area contributed by atoms with Crippen molar-refractivity contribution in [3.05, 3.63) is 45.0 Å². The van der Waals surface area contributed by atoms with Crippen molar-refractivity contribution in [1.29, 1.82) is 0 Å². The van der Waals surface area contributed by atoms with Crippen molar-refractivity contribution < 1.29 is 0 Å². The van der Waals surface area contributed by atoms with Crippen LogP contribution in [-0.4, -0.2) is 19.6 Å². The Morgan fingerprint density at radius 2 is 2.14 bits per heavy atom. The second-order valence-corrected chi connectivity index (χ2v) is 6.96. The molecule has 0 fully saturated rings. The van der Waals surface area contributed by atoms with Crippen molar-refractivity contribution in [3.63, 3.8) is 0 Å². The molecule has 0 aliphatic heterocycles. The van der Waals surface area contributed by atoms with Gasteiger partial charge in [0.15, 0.2) is 11.5 Å². The second-order valence-electron chi connectivity index (χ2n) is 4.78. The SMILES string of the molecule is Cc1sc2nc(/C=C/c3cccs3)n3ncnc3c2c1C. The predicted molar refractivity (Wildman–Crippen MR) is 88.9 cm³/mol. The van der Waals surface area contributed by atoms with Gasteiger partial charge in [0, 0.05) is 9.75 Å². The van der Waals surface area contributed by atoms with Gasteiger partial charge in [-0.05, 0) is 43.0 Å². The average Bonchev–Trinajstić information content (AvgIpc) is 3.18. The third-order valence-corrected chi connectivity index (χ3v) is 5.45. The second kappa shape index (κ2) is 4.75. The number of aryl methyl sites for hydroxylation is 2. The predicted octanol–water partition coefficient (Wildman–Crippen LogP) is 4.19. The van der Waals surface area contributed by atoms with Crippen LogP contribution in [0.15, 0.2) is 23.8 Å². The molecular weight excluding hydrogens is 300 g/mol. The minimum absolute atomic E-state index is 0.810. The van der Waals surface area contributed by atoms with Crippen LogP contribution >= 0.6 is 22.7 Å². The Bertz CT molecular complexity index is 961. The third-order valence-electron chi connectivity index (χ3n) is 3.51. The van der Waals surface area contributed by atoms with E-state index >= 15 is 0 Å². The minimum atomic E-state index is 0.810. The molecular formula is C15H12N4S2. The number of aromatic nitrogens is 4. The first-order valence-corrected chi connectivity index (χ1v) is 8.24. The number of thiophene rings is 2. The maximum atomic E-state index is 4.75. The van der Waals surface area contributed by atoms with Crippen molar-refractivity contribution in [2.45, 2.75) is 13.8 Å². The van der Waals surface area contributed by atoms with Gasteiger partial charge in [-0.25, -0.2) is 9.97 Å². The number of hydrogen-bond donors (Lipinski definition) is 0. The molecule has 0 atom stereocenters. The molecule has 0 saturated carbocycles. The molecule has 0 amide bonds. The fourth-order valence-electron chi connectivity index (χ4n) is 2.33.